The fourth-order valence-corrected chi connectivity index (χ4v) is 2.06. The van der Waals surface area contributed by atoms with Gasteiger partial charge in [0, 0.05) is 11.6 Å². The summed E-state index contributed by atoms with van der Waals surface area (Å²) in [6.07, 6.45) is -0.0401. The summed E-state index contributed by atoms with van der Waals surface area (Å²) in [5.41, 5.74) is 0.980. The van der Waals surface area contributed by atoms with Crippen LogP contribution >= 0.6 is 11.6 Å². The summed E-state index contributed by atoms with van der Waals surface area (Å²) in [5, 5.41) is 15.7. The number of halogens is 1. The van der Waals surface area contributed by atoms with E-state index in [-0.39, 0.29) is 11.8 Å². The Morgan fingerprint density at radius 3 is 2.57 bits per heavy atom. The highest BCUT2D eigenvalue weighted by atomic mass is 35.5. The van der Waals surface area contributed by atoms with Gasteiger partial charge in [-0.3, -0.25) is 5.10 Å². The Kier molecular flexibility index (Phi) is 4.37. The first-order chi connectivity index (χ1) is 9.92. The molecule has 0 bridgehead atoms. The molecule has 1 aromatic heterocycles. The Morgan fingerprint density at radius 1 is 1.33 bits per heavy atom. The van der Waals surface area contributed by atoms with E-state index < -0.39 is 5.97 Å². The van der Waals surface area contributed by atoms with Crippen LogP contribution in [-0.4, -0.2) is 34.5 Å². The van der Waals surface area contributed by atoms with Crippen molar-refractivity contribution < 1.29 is 19.4 Å². The zero-order chi connectivity index (χ0) is 15.6. The zero-order valence-corrected chi connectivity index (χ0v) is 12.6. The molecule has 2 aromatic rings. The second-order valence-electron chi connectivity index (χ2n) is 4.62. The van der Waals surface area contributed by atoms with Gasteiger partial charge in [-0.05, 0) is 26.0 Å². The maximum Gasteiger partial charge on any atom is 0.353 e. The topological polar surface area (TPSA) is 84.4 Å². The summed E-state index contributed by atoms with van der Waals surface area (Å²) in [5.74, 6) is -0.0599. The van der Waals surface area contributed by atoms with Gasteiger partial charge in [0.2, 0.25) is 0 Å². The third-order valence-corrected chi connectivity index (χ3v) is 3.01. The lowest BCUT2D eigenvalue weighted by atomic mass is 10.1. The monoisotopic (exact) mass is 310 g/mol. The van der Waals surface area contributed by atoms with E-state index in [0.717, 1.165) is 0 Å². The largest absolute Gasteiger partial charge is 0.493 e. The molecule has 2 rings (SSSR count). The number of nitrogens with zero attached hydrogens (tertiary/aromatic N) is 1. The third-order valence-electron chi connectivity index (χ3n) is 2.70. The van der Waals surface area contributed by atoms with Crippen molar-refractivity contribution in [2.24, 2.45) is 0 Å². The van der Waals surface area contributed by atoms with E-state index in [1.807, 2.05) is 13.8 Å². The fourth-order valence-electron chi connectivity index (χ4n) is 1.81. The van der Waals surface area contributed by atoms with Crippen LogP contribution in [0.25, 0.3) is 11.3 Å². The van der Waals surface area contributed by atoms with E-state index in [9.17, 15) is 4.79 Å². The zero-order valence-electron chi connectivity index (χ0n) is 11.8. The average Bonchev–Trinajstić information content (AvgIpc) is 2.89. The summed E-state index contributed by atoms with van der Waals surface area (Å²) in [6.45, 7) is 3.79. The number of aromatic amines is 1. The van der Waals surface area contributed by atoms with Crippen molar-refractivity contribution in [3.63, 3.8) is 0 Å². The summed E-state index contributed by atoms with van der Waals surface area (Å²) in [7, 11) is 1.52. The van der Waals surface area contributed by atoms with E-state index in [0.29, 0.717) is 27.8 Å². The summed E-state index contributed by atoms with van der Waals surface area (Å²) in [4.78, 5) is 10.9. The van der Waals surface area contributed by atoms with Crippen LogP contribution < -0.4 is 9.47 Å². The molecule has 0 amide bonds. The maximum absolute atomic E-state index is 10.9. The predicted molar refractivity (Wildman–Crippen MR) is 78.3 cm³/mol. The van der Waals surface area contributed by atoms with Crippen molar-refractivity contribution in [2.75, 3.05) is 7.11 Å². The minimum Gasteiger partial charge on any atom is -0.493 e. The molecule has 0 fully saturated rings. The quantitative estimate of drug-likeness (QED) is 0.885. The van der Waals surface area contributed by atoms with Gasteiger partial charge in [-0.15, -0.1) is 0 Å². The van der Waals surface area contributed by atoms with Gasteiger partial charge >= 0.3 is 5.97 Å². The van der Waals surface area contributed by atoms with Gasteiger partial charge in [-0.2, -0.15) is 5.10 Å². The van der Waals surface area contributed by atoms with E-state index in [1.54, 1.807) is 12.1 Å². The second kappa shape index (κ2) is 6.05. The van der Waals surface area contributed by atoms with Crippen LogP contribution in [0.4, 0.5) is 0 Å². The van der Waals surface area contributed by atoms with E-state index in [4.69, 9.17) is 26.2 Å². The highest BCUT2D eigenvalue weighted by Crippen LogP contribution is 2.38. The minimum absolute atomic E-state index is 0.0109. The number of H-pyrrole nitrogens is 1. The van der Waals surface area contributed by atoms with Crippen molar-refractivity contribution in [2.45, 2.75) is 20.0 Å². The van der Waals surface area contributed by atoms with Crippen LogP contribution in [0.5, 0.6) is 11.5 Å². The van der Waals surface area contributed by atoms with Crippen LogP contribution in [0.2, 0.25) is 5.02 Å². The lowest BCUT2D eigenvalue weighted by Crippen LogP contribution is -2.07. The Morgan fingerprint density at radius 2 is 2.05 bits per heavy atom. The second-order valence-corrected chi connectivity index (χ2v) is 5.03. The number of aromatic carboxylic acids is 1. The molecule has 1 heterocycles. The van der Waals surface area contributed by atoms with Crippen LogP contribution in [0, 0.1) is 0 Å². The molecular weight excluding hydrogens is 296 g/mol. The first-order valence-electron chi connectivity index (χ1n) is 6.25. The third kappa shape index (κ3) is 3.28. The highest BCUT2D eigenvalue weighted by molar-refractivity contribution is 6.33. The van der Waals surface area contributed by atoms with Gasteiger partial charge in [0.25, 0.3) is 0 Å². The molecule has 21 heavy (non-hydrogen) atoms. The Labute approximate surface area is 126 Å². The molecule has 0 radical (unpaired) electrons. The van der Waals surface area contributed by atoms with E-state index >= 15 is 0 Å². The van der Waals surface area contributed by atoms with Gasteiger partial charge in [0.15, 0.2) is 11.5 Å². The SMILES string of the molecule is COc1cc(Cl)c(-c2cc(C(=O)O)[nH]n2)cc1OC(C)C. The van der Waals surface area contributed by atoms with Gasteiger partial charge < -0.3 is 14.6 Å². The molecule has 0 aliphatic heterocycles. The van der Waals surface area contributed by atoms with Crippen molar-refractivity contribution in [1.82, 2.24) is 10.2 Å². The molecular formula is C14H15ClN2O4. The molecule has 6 nitrogen and oxygen atoms in total. The van der Waals surface area contributed by atoms with Gasteiger partial charge in [-0.25, -0.2) is 4.79 Å². The van der Waals surface area contributed by atoms with Crippen molar-refractivity contribution >= 4 is 17.6 Å². The van der Waals surface area contributed by atoms with Crippen molar-refractivity contribution in [3.05, 3.63) is 28.9 Å². The Balaban J connectivity index is 2.49. The van der Waals surface area contributed by atoms with Crippen LogP contribution in [0.15, 0.2) is 18.2 Å². The predicted octanol–water partition coefficient (Wildman–Crippen LogP) is 3.22. The molecule has 0 aliphatic rings. The lowest BCUT2D eigenvalue weighted by Gasteiger charge is -2.15. The van der Waals surface area contributed by atoms with Crippen molar-refractivity contribution in [3.8, 4) is 22.8 Å². The molecule has 7 heteroatoms. The number of ether oxygens (including phenoxy) is 2. The Bertz CT molecular complexity index is 667. The fraction of sp³-hybridized carbons (Fsp3) is 0.286. The molecule has 112 valence electrons. The normalized spacial score (nSPS) is 10.7. The van der Waals surface area contributed by atoms with Crippen LogP contribution in [0.1, 0.15) is 24.3 Å². The minimum atomic E-state index is -1.09. The van der Waals surface area contributed by atoms with E-state index in [1.165, 1.54) is 13.2 Å². The summed E-state index contributed by atoms with van der Waals surface area (Å²) >= 11 is 6.20. The summed E-state index contributed by atoms with van der Waals surface area (Å²) in [6, 6.07) is 4.71. The van der Waals surface area contributed by atoms with Gasteiger partial charge in [0.05, 0.1) is 23.9 Å². The number of hydrogen-bond donors (Lipinski definition) is 2. The van der Waals surface area contributed by atoms with Gasteiger partial charge in [-0.1, -0.05) is 11.6 Å². The number of nitrogens with one attached hydrogen (secondary N) is 1. The number of benzene rings is 1. The van der Waals surface area contributed by atoms with E-state index in [2.05, 4.69) is 10.2 Å². The highest BCUT2D eigenvalue weighted by Gasteiger charge is 2.16. The molecule has 2 N–H and O–H groups in total. The lowest BCUT2D eigenvalue weighted by molar-refractivity contribution is 0.0690. The smallest absolute Gasteiger partial charge is 0.353 e. The molecule has 0 saturated carbocycles. The molecule has 0 atom stereocenters. The average molecular weight is 311 g/mol. The Hall–Kier alpha value is -2.21. The maximum atomic E-state index is 10.9. The standard InChI is InChI=1S/C14H15ClN2O4/c1-7(2)21-13-4-8(9(15)5-12(13)20-3)10-6-11(14(18)19)17-16-10/h4-7H,1-3H3,(H,16,17)(H,18,19). The molecule has 0 spiro atoms. The first kappa shape index (κ1) is 15.2. The van der Waals surface area contributed by atoms with Crippen LogP contribution in [0.3, 0.4) is 0 Å². The number of aromatic nitrogens is 2. The first-order valence-corrected chi connectivity index (χ1v) is 6.63. The number of rotatable bonds is 5. The molecule has 0 aliphatic carbocycles. The number of carboxylic acid groups (broad SMARTS) is 1. The molecule has 0 saturated heterocycles. The molecule has 0 unspecified atom stereocenters. The number of carbonyl (C=O) groups is 1. The number of hydrogen-bond acceptors (Lipinski definition) is 4. The van der Waals surface area contributed by atoms with Crippen LogP contribution in [-0.2, 0) is 0 Å². The summed E-state index contributed by atoms with van der Waals surface area (Å²) < 4.78 is 10.9. The molecule has 1 aromatic carbocycles. The number of carboxylic acids is 1. The van der Waals surface area contributed by atoms with Gasteiger partial charge in [0.1, 0.15) is 5.69 Å². The van der Waals surface area contributed by atoms with Crippen molar-refractivity contribution in [1.29, 1.82) is 0 Å². The number of methoxy groups -OCH3 is 1.